The summed E-state index contributed by atoms with van der Waals surface area (Å²) in [5, 5.41) is 1.82. The van der Waals surface area contributed by atoms with Crippen LogP contribution in [0.15, 0.2) is 17.5 Å². The van der Waals surface area contributed by atoms with Gasteiger partial charge in [-0.25, -0.2) is 0 Å². The number of thiophene rings is 1. The van der Waals surface area contributed by atoms with Crippen LogP contribution < -0.4 is 10.6 Å². The molecule has 2 aromatic rings. The van der Waals surface area contributed by atoms with E-state index in [0.29, 0.717) is 10.8 Å². The Bertz CT molecular complexity index is 688. The highest BCUT2D eigenvalue weighted by atomic mass is 32.1. The average molecular weight is 335 g/mol. The normalized spacial score (nSPS) is 10.3. The summed E-state index contributed by atoms with van der Waals surface area (Å²) in [7, 11) is 3.53. The average Bonchev–Trinajstić information content (AvgIpc) is 3.04. The summed E-state index contributed by atoms with van der Waals surface area (Å²) >= 11 is 1.35. The molecule has 0 spiro atoms. The van der Waals surface area contributed by atoms with Gasteiger partial charge in [0.05, 0.1) is 11.3 Å². The summed E-state index contributed by atoms with van der Waals surface area (Å²) in [6.45, 7) is -0.112. The molecular formula is C14H17N5O3S. The summed E-state index contributed by atoms with van der Waals surface area (Å²) in [5.74, 6) is 0.148. The quantitative estimate of drug-likeness (QED) is 0.595. The number of ketones is 1. The van der Waals surface area contributed by atoms with E-state index in [9.17, 15) is 9.59 Å². The maximum absolute atomic E-state index is 11.8. The van der Waals surface area contributed by atoms with Crippen LogP contribution in [0.2, 0.25) is 0 Å². The van der Waals surface area contributed by atoms with Crippen LogP contribution >= 0.6 is 11.3 Å². The zero-order valence-corrected chi connectivity index (χ0v) is 13.7. The van der Waals surface area contributed by atoms with E-state index in [1.165, 1.54) is 11.3 Å². The molecule has 0 atom stereocenters. The number of nitrogens with zero attached hydrogens (tertiary/aromatic N) is 4. The maximum Gasteiger partial charge on any atom is 0.306 e. The first-order valence-corrected chi connectivity index (χ1v) is 7.73. The largest absolute Gasteiger partial charge is 0.457 e. The zero-order valence-electron chi connectivity index (χ0n) is 12.9. The molecule has 0 aliphatic rings. The number of rotatable bonds is 7. The lowest BCUT2D eigenvalue weighted by molar-refractivity contribution is -0.145. The topological polar surface area (TPSA) is 111 Å². The number of carbonyl (C=O) groups is 2. The Balaban J connectivity index is 1.83. The van der Waals surface area contributed by atoms with Gasteiger partial charge in [-0.05, 0) is 11.4 Å². The van der Waals surface area contributed by atoms with Crippen molar-refractivity contribution in [2.24, 2.45) is 0 Å². The second-order valence-corrected chi connectivity index (χ2v) is 5.81. The first kappa shape index (κ1) is 16.8. The van der Waals surface area contributed by atoms with Gasteiger partial charge in [-0.2, -0.15) is 15.0 Å². The Morgan fingerprint density at radius 2 is 2.04 bits per heavy atom. The molecule has 0 saturated carbocycles. The van der Waals surface area contributed by atoms with E-state index < -0.39 is 5.97 Å². The van der Waals surface area contributed by atoms with E-state index in [0.717, 1.165) is 0 Å². The second-order valence-electron chi connectivity index (χ2n) is 4.87. The van der Waals surface area contributed by atoms with Crippen LogP contribution in [0.4, 0.5) is 11.9 Å². The lowest BCUT2D eigenvalue weighted by atomic mass is 10.2. The number of nitrogen functional groups attached to an aromatic ring is 1. The molecule has 0 aromatic carbocycles. The summed E-state index contributed by atoms with van der Waals surface area (Å²) < 4.78 is 5.07. The number of hydrogen-bond donors (Lipinski definition) is 1. The molecule has 122 valence electrons. The Kier molecular flexibility index (Phi) is 5.58. The van der Waals surface area contributed by atoms with Gasteiger partial charge in [0.25, 0.3) is 0 Å². The molecule has 0 bridgehead atoms. The highest BCUT2D eigenvalue weighted by Crippen LogP contribution is 2.13. The molecule has 0 aliphatic heterocycles. The van der Waals surface area contributed by atoms with Crippen molar-refractivity contribution < 1.29 is 14.3 Å². The van der Waals surface area contributed by atoms with Crippen molar-refractivity contribution >= 4 is 35.0 Å². The Morgan fingerprint density at radius 1 is 1.26 bits per heavy atom. The number of ether oxygens (including phenoxy) is 1. The molecule has 2 N–H and O–H groups in total. The SMILES string of the molecule is CN(C)c1nc(N)nc(COC(=O)CCC(=O)c2cccs2)n1. The third kappa shape index (κ3) is 4.99. The number of anilines is 2. The van der Waals surface area contributed by atoms with E-state index in [4.69, 9.17) is 10.5 Å². The van der Waals surface area contributed by atoms with Crippen LogP contribution in [0.25, 0.3) is 0 Å². The fourth-order valence-electron chi connectivity index (χ4n) is 1.68. The lowest BCUT2D eigenvalue weighted by Crippen LogP contribution is -2.17. The zero-order chi connectivity index (χ0) is 16.8. The summed E-state index contributed by atoms with van der Waals surface area (Å²) in [6.07, 6.45) is 0.124. The second kappa shape index (κ2) is 7.63. The third-order valence-electron chi connectivity index (χ3n) is 2.80. The number of hydrogen-bond acceptors (Lipinski definition) is 9. The van der Waals surface area contributed by atoms with Crippen molar-refractivity contribution in [1.82, 2.24) is 15.0 Å². The third-order valence-corrected chi connectivity index (χ3v) is 3.71. The minimum absolute atomic E-state index is 0.0117. The smallest absolute Gasteiger partial charge is 0.306 e. The van der Waals surface area contributed by atoms with Crippen LogP contribution in [0, 0.1) is 0 Å². The van der Waals surface area contributed by atoms with Crippen LogP contribution in [0.5, 0.6) is 0 Å². The van der Waals surface area contributed by atoms with E-state index in [2.05, 4.69) is 15.0 Å². The molecule has 0 amide bonds. The van der Waals surface area contributed by atoms with Crippen molar-refractivity contribution in [3.8, 4) is 0 Å². The van der Waals surface area contributed by atoms with Crippen molar-refractivity contribution in [1.29, 1.82) is 0 Å². The summed E-state index contributed by atoms with van der Waals surface area (Å²) in [5.41, 5.74) is 5.58. The Morgan fingerprint density at radius 3 is 2.70 bits per heavy atom. The monoisotopic (exact) mass is 335 g/mol. The van der Waals surface area contributed by atoms with Gasteiger partial charge >= 0.3 is 5.97 Å². The molecule has 2 aromatic heterocycles. The molecule has 2 rings (SSSR count). The minimum Gasteiger partial charge on any atom is -0.457 e. The maximum atomic E-state index is 11.8. The number of esters is 1. The van der Waals surface area contributed by atoms with Crippen LogP contribution in [0.1, 0.15) is 28.3 Å². The van der Waals surface area contributed by atoms with Gasteiger partial charge in [-0.1, -0.05) is 6.07 Å². The highest BCUT2D eigenvalue weighted by molar-refractivity contribution is 7.12. The van der Waals surface area contributed by atoms with Gasteiger partial charge in [-0.15, -0.1) is 11.3 Å². The fraction of sp³-hybridized carbons (Fsp3) is 0.357. The van der Waals surface area contributed by atoms with Crippen LogP contribution in [0.3, 0.4) is 0 Å². The standard InChI is InChI=1S/C14H17N5O3S/c1-19(2)14-17-11(16-13(15)18-14)8-22-12(21)6-5-9(20)10-4-3-7-23-10/h3-4,7H,5-6,8H2,1-2H3,(H2,15,16,17,18). The summed E-state index contributed by atoms with van der Waals surface area (Å²) in [4.78, 5) is 37.8. The Labute approximate surface area is 137 Å². The van der Waals surface area contributed by atoms with Crippen molar-refractivity contribution in [2.75, 3.05) is 24.7 Å². The van der Waals surface area contributed by atoms with E-state index in [1.807, 2.05) is 5.38 Å². The molecule has 2 heterocycles. The molecule has 23 heavy (non-hydrogen) atoms. The molecule has 0 radical (unpaired) electrons. The molecule has 0 saturated heterocycles. The van der Waals surface area contributed by atoms with Crippen molar-refractivity contribution in [3.05, 3.63) is 28.2 Å². The molecule has 0 fully saturated rings. The van der Waals surface area contributed by atoms with E-state index >= 15 is 0 Å². The van der Waals surface area contributed by atoms with Gasteiger partial charge in [0.1, 0.15) is 0 Å². The van der Waals surface area contributed by atoms with Crippen LogP contribution in [-0.4, -0.2) is 40.8 Å². The first-order chi connectivity index (χ1) is 11.0. The highest BCUT2D eigenvalue weighted by Gasteiger charge is 2.12. The fourth-order valence-corrected chi connectivity index (χ4v) is 2.38. The van der Waals surface area contributed by atoms with E-state index in [1.54, 1.807) is 31.1 Å². The first-order valence-electron chi connectivity index (χ1n) is 6.86. The van der Waals surface area contributed by atoms with Gasteiger partial charge in [0.15, 0.2) is 18.2 Å². The number of Topliss-reactive ketones (excluding diaryl/α,β-unsaturated/α-hetero) is 1. The van der Waals surface area contributed by atoms with Crippen LogP contribution in [-0.2, 0) is 16.1 Å². The van der Waals surface area contributed by atoms with Gasteiger partial charge < -0.3 is 15.4 Å². The molecule has 9 heteroatoms. The van der Waals surface area contributed by atoms with Gasteiger partial charge in [-0.3, -0.25) is 9.59 Å². The molecule has 0 unspecified atom stereocenters. The van der Waals surface area contributed by atoms with Crippen molar-refractivity contribution in [3.63, 3.8) is 0 Å². The number of aromatic nitrogens is 3. The van der Waals surface area contributed by atoms with Gasteiger partial charge in [0, 0.05) is 20.5 Å². The number of nitrogens with two attached hydrogens (primary N) is 1. The van der Waals surface area contributed by atoms with Gasteiger partial charge in [0.2, 0.25) is 11.9 Å². The molecular weight excluding hydrogens is 318 g/mol. The van der Waals surface area contributed by atoms with E-state index in [-0.39, 0.29) is 37.0 Å². The molecule has 0 aliphatic carbocycles. The minimum atomic E-state index is -0.486. The number of carbonyl (C=O) groups excluding carboxylic acids is 2. The van der Waals surface area contributed by atoms with Crippen molar-refractivity contribution in [2.45, 2.75) is 19.4 Å². The summed E-state index contributed by atoms with van der Waals surface area (Å²) in [6, 6.07) is 3.53. The Hall–Kier alpha value is -2.55. The lowest BCUT2D eigenvalue weighted by Gasteiger charge is -2.11. The predicted octanol–water partition coefficient (Wildman–Crippen LogP) is 1.29. The predicted molar refractivity (Wildman–Crippen MR) is 86.2 cm³/mol. The molecule has 8 nitrogen and oxygen atoms in total.